The molecule has 2 aromatic rings. The van der Waals surface area contributed by atoms with E-state index in [1.807, 2.05) is 0 Å². The van der Waals surface area contributed by atoms with E-state index in [4.69, 9.17) is 5.73 Å². The van der Waals surface area contributed by atoms with Crippen molar-refractivity contribution in [2.75, 3.05) is 11.1 Å². The van der Waals surface area contributed by atoms with Crippen LogP contribution in [-0.2, 0) is 0 Å². The third-order valence-corrected chi connectivity index (χ3v) is 2.70. The van der Waals surface area contributed by atoms with Gasteiger partial charge in [0.1, 0.15) is 17.2 Å². The van der Waals surface area contributed by atoms with Gasteiger partial charge in [0.25, 0.3) is 0 Å². The summed E-state index contributed by atoms with van der Waals surface area (Å²) in [5, 5.41) is 13.8. The summed E-state index contributed by atoms with van der Waals surface area (Å²) in [7, 11) is 0. The summed E-state index contributed by atoms with van der Waals surface area (Å²) in [5.74, 6) is -0.378. The van der Waals surface area contributed by atoms with Crippen molar-refractivity contribution in [3.63, 3.8) is 0 Å². The molecule has 0 aliphatic rings. The van der Waals surface area contributed by atoms with Crippen LogP contribution in [0, 0.1) is 22.9 Å². The number of rotatable bonds is 3. The van der Waals surface area contributed by atoms with E-state index in [-0.39, 0.29) is 22.9 Å². The third-order valence-electron chi connectivity index (χ3n) is 2.70. The van der Waals surface area contributed by atoms with Crippen LogP contribution in [0.1, 0.15) is 5.56 Å². The molecule has 3 N–H and O–H groups in total. The minimum Gasteiger partial charge on any atom is -0.393 e. The fourth-order valence-corrected chi connectivity index (χ4v) is 1.69. The van der Waals surface area contributed by atoms with Crippen LogP contribution in [0.4, 0.5) is 27.1 Å². The molecular formula is C13H12FN3O2. The average molecular weight is 261 g/mol. The van der Waals surface area contributed by atoms with Crippen LogP contribution in [0.2, 0.25) is 0 Å². The molecule has 5 nitrogen and oxygen atoms in total. The van der Waals surface area contributed by atoms with Crippen molar-refractivity contribution in [1.29, 1.82) is 0 Å². The van der Waals surface area contributed by atoms with E-state index in [9.17, 15) is 14.5 Å². The van der Waals surface area contributed by atoms with Crippen molar-refractivity contribution in [1.82, 2.24) is 0 Å². The average Bonchev–Trinajstić information content (AvgIpc) is 2.33. The van der Waals surface area contributed by atoms with Gasteiger partial charge in [-0.15, -0.1) is 0 Å². The van der Waals surface area contributed by atoms with E-state index in [0.29, 0.717) is 11.3 Å². The highest BCUT2D eigenvalue weighted by molar-refractivity contribution is 5.78. The van der Waals surface area contributed by atoms with E-state index < -0.39 is 4.92 Å². The van der Waals surface area contributed by atoms with E-state index >= 15 is 0 Å². The lowest BCUT2D eigenvalue weighted by Crippen LogP contribution is -2.01. The number of nitrogens with one attached hydrogen (secondary N) is 1. The van der Waals surface area contributed by atoms with Crippen LogP contribution in [-0.4, -0.2) is 4.92 Å². The van der Waals surface area contributed by atoms with Crippen LogP contribution in [0.25, 0.3) is 0 Å². The molecule has 0 fully saturated rings. The maximum Gasteiger partial charge on any atom is 0.315 e. The quantitative estimate of drug-likeness (QED) is 0.504. The Labute approximate surface area is 109 Å². The van der Waals surface area contributed by atoms with Crippen molar-refractivity contribution in [3.05, 3.63) is 57.9 Å². The first-order valence-electron chi connectivity index (χ1n) is 5.55. The molecule has 0 spiro atoms. The molecule has 0 heterocycles. The molecule has 0 saturated carbocycles. The Morgan fingerprint density at radius 2 is 2.05 bits per heavy atom. The van der Waals surface area contributed by atoms with Crippen LogP contribution in [0.5, 0.6) is 0 Å². The largest absolute Gasteiger partial charge is 0.393 e. The standard InChI is InChI=1S/C13H12FN3O2/c1-8-5-6-9(7-10(8)14)16-12-4-2-3-11(15)13(12)17(18)19/h2-7,16H,15H2,1H3. The number of nitro benzene ring substituents is 1. The summed E-state index contributed by atoms with van der Waals surface area (Å²) in [6.45, 7) is 1.64. The van der Waals surface area contributed by atoms with Crippen molar-refractivity contribution in [2.45, 2.75) is 6.92 Å². The zero-order chi connectivity index (χ0) is 14.0. The fourth-order valence-electron chi connectivity index (χ4n) is 1.69. The second-order valence-electron chi connectivity index (χ2n) is 4.09. The Bertz CT molecular complexity index is 644. The summed E-state index contributed by atoms with van der Waals surface area (Å²) in [4.78, 5) is 10.4. The highest BCUT2D eigenvalue weighted by Crippen LogP contribution is 2.32. The molecule has 0 radical (unpaired) electrons. The molecule has 2 aromatic carbocycles. The van der Waals surface area contributed by atoms with Crippen molar-refractivity contribution in [3.8, 4) is 0 Å². The number of nitrogens with two attached hydrogens (primary N) is 1. The fraction of sp³-hybridized carbons (Fsp3) is 0.0769. The maximum absolute atomic E-state index is 13.4. The Balaban J connectivity index is 2.40. The van der Waals surface area contributed by atoms with Gasteiger partial charge >= 0.3 is 5.69 Å². The molecule has 98 valence electrons. The van der Waals surface area contributed by atoms with Gasteiger partial charge in [-0.05, 0) is 36.8 Å². The van der Waals surface area contributed by atoms with Crippen LogP contribution in [0.15, 0.2) is 36.4 Å². The van der Waals surface area contributed by atoms with E-state index in [0.717, 1.165) is 0 Å². The third kappa shape index (κ3) is 2.62. The van der Waals surface area contributed by atoms with Crippen molar-refractivity contribution < 1.29 is 9.31 Å². The molecule has 0 atom stereocenters. The number of benzene rings is 2. The molecule has 19 heavy (non-hydrogen) atoms. The zero-order valence-electron chi connectivity index (χ0n) is 10.2. The van der Waals surface area contributed by atoms with Gasteiger partial charge in [0.05, 0.1) is 4.92 Å². The number of nitrogens with zero attached hydrogens (tertiary/aromatic N) is 1. The van der Waals surface area contributed by atoms with E-state index in [1.165, 1.54) is 18.2 Å². The summed E-state index contributed by atoms with van der Waals surface area (Å²) in [6, 6.07) is 9.07. The normalized spacial score (nSPS) is 10.2. The van der Waals surface area contributed by atoms with Crippen molar-refractivity contribution in [2.24, 2.45) is 0 Å². The van der Waals surface area contributed by atoms with Crippen LogP contribution in [0.3, 0.4) is 0 Å². The maximum atomic E-state index is 13.4. The Hall–Kier alpha value is -2.63. The minimum absolute atomic E-state index is 0.0579. The highest BCUT2D eigenvalue weighted by Gasteiger charge is 2.17. The van der Waals surface area contributed by atoms with Crippen LogP contribution < -0.4 is 11.1 Å². The molecule has 0 bridgehead atoms. The molecule has 0 amide bonds. The van der Waals surface area contributed by atoms with Gasteiger partial charge < -0.3 is 11.1 Å². The first-order chi connectivity index (χ1) is 8.99. The molecule has 0 aliphatic carbocycles. The number of anilines is 3. The Morgan fingerprint density at radius 1 is 1.32 bits per heavy atom. The number of halogens is 1. The number of hydrogen-bond acceptors (Lipinski definition) is 4. The molecule has 0 aliphatic heterocycles. The summed E-state index contributed by atoms with van der Waals surface area (Å²) in [5.41, 5.74) is 6.58. The van der Waals surface area contributed by atoms with Gasteiger partial charge in [-0.25, -0.2) is 4.39 Å². The molecule has 2 rings (SSSR count). The molecular weight excluding hydrogens is 249 g/mol. The Morgan fingerprint density at radius 3 is 2.68 bits per heavy atom. The van der Waals surface area contributed by atoms with Gasteiger partial charge in [-0.1, -0.05) is 12.1 Å². The number of nitrogen functional groups attached to an aromatic ring is 1. The lowest BCUT2D eigenvalue weighted by atomic mass is 10.2. The van der Waals surface area contributed by atoms with Gasteiger partial charge in [0.2, 0.25) is 0 Å². The molecule has 0 unspecified atom stereocenters. The first kappa shape index (κ1) is 12.8. The summed E-state index contributed by atoms with van der Waals surface area (Å²) in [6.07, 6.45) is 0. The van der Waals surface area contributed by atoms with Crippen LogP contribution >= 0.6 is 0 Å². The highest BCUT2D eigenvalue weighted by atomic mass is 19.1. The van der Waals surface area contributed by atoms with Gasteiger partial charge in [0, 0.05) is 5.69 Å². The predicted octanol–water partition coefficient (Wildman–Crippen LogP) is 3.37. The molecule has 6 heteroatoms. The summed E-state index contributed by atoms with van der Waals surface area (Å²) >= 11 is 0. The number of aryl methyl sites for hydroxylation is 1. The zero-order valence-corrected chi connectivity index (χ0v) is 10.2. The van der Waals surface area contributed by atoms with Crippen molar-refractivity contribution >= 4 is 22.7 Å². The number of hydrogen-bond donors (Lipinski definition) is 2. The SMILES string of the molecule is Cc1ccc(Nc2cccc(N)c2[N+](=O)[O-])cc1F. The topological polar surface area (TPSA) is 81.2 Å². The van der Waals surface area contributed by atoms with E-state index in [1.54, 1.807) is 25.1 Å². The smallest absolute Gasteiger partial charge is 0.315 e. The van der Waals surface area contributed by atoms with Gasteiger partial charge in [-0.2, -0.15) is 0 Å². The van der Waals surface area contributed by atoms with Gasteiger partial charge in [0.15, 0.2) is 0 Å². The second-order valence-corrected chi connectivity index (χ2v) is 4.09. The number of para-hydroxylation sites is 1. The lowest BCUT2D eigenvalue weighted by molar-refractivity contribution is -0.383. The second kappa shape index (κ2) is 4.93. The van der Waals surface area contributed by atoms with E-state index in [2.05, 4.69) is 5.32 Å². The summed E-state index contributed by atoms with van der Waals surface area (Å²) < 4.78 is 13.4. The minimum atomic E-state index is -0.567. The monoisotopic (exact) mass is 261 g/mol. The first-order valence-corrected chi connectivity index (χ1v) is 5.55. The number of nitro groups is 1. The predicted molar refractivity (Wildman–Crippen MR) is 71.9 cm³/mol. The van der Waals surface area contributed by atoms with Gasteiger partial charge in [-0.3, -0.25) is 10.1 Å². The molecule has 0 saturated heterocycles. The molecule has 0 aromatic heterocycles. The lowest BCUT2D eigenvalue weighted by Gasteiger charge is -2.09. The Kier molecular flexibility index (Phi) is 3.33.